The molecule has 0 unspecified atom stereocenters. The first kappa shape index (κ1) is 22.8. The van der Waals surface area contributed by atoms with Crippen LogP contribution in [-0.4, -0.2) is 45.9 Å². The molecule has 1 aliphatic heterocycles. The molecular formula is C26H29N3O4S. The summed E-state index contributed by atoms with van der Waals surface area (Å²) in [7, 11) is 0. The van der Waals surface area contributed by atoms with Crippen LogP contribution in [0.2, 0.25) is 0 Å². The molecule has 0 bridgehead atoms. The van der Waals surface area contributed by atoms with Crippen LogP contribution in [0.25, 0.3) is 10.9 Å². The van der Waals surface area contributed by atoms with E-state index in [1.54, 1.807) is 0 Å². The maximum absolute atomic E-state index is 13.3. The highest BCUT2D eigenvalue weighted by Crippen LogP contribution is 2.33. The predicted molar refractivity (Wildman–Crippen MR) is 133 cm³/mol. The largest absolute Gasteiger partial charge is 0.486 e. The summed E-state index contributed by atoms with van der Waals surface area (Å²) in [5, 5.41) is 1.28. The summed E-state index contributed by atoms with van der Waals surface area (Å²) in [6, 6.07) is 13.4. The van der Waals surface area contributed by atoms with Gasteiger partial charge in [-0.3, -0.25) is 14.2 Å². The monoisotopic (exact) mass is 479 g/mol. The van der Waals surface area contributed by atoms with Gasteiger partial charge in [-0.2, -0.15) is 0 Å². The number of carbonyl (C=O) groups excluding carboxylic acids is 1. The van der Waals surface area contributed by atoms with E-state index in [1.165, 1.54) is 11.8 Å². The molecule has 0 radical (unpaired) electrons. The lowest BCUT2D eigenvalue weighted by atomic mass is 10.2. The van der Waals surface area contributed by atoms with Crippen LogP contribution in [0, 0.1) is 0 Å². The average molecular weight is 480 g/mol. The molecule has 0 spiro atoms. The number of fused-ring (bicyclic) bond motifs is 2. The molecule has 8 heteroatoms. The number of nitrogens with zero attached hydrogens (tertiary/aromatic N) is 3. The third-order valence-corrected chi connectivity index (χ3v) is 7.44. The fourth-order valence-electron chi connectivity index (χ4n) is 4.71. The number of para-hydroxylation sites is 1. The van der Waals surface area contributed by atoms with Crippen molar-refractivity contribution in [2.24, 2.45) is 0 Å². The number of ether oxygens (including phenoxy) is 2. The summed E-state index contributed by atoms with van der Waals surface area (Å²) in [5.41, 5.74) is 1.67. The van der Waals surface area contributed by atoms with E-state index in [9.17, 15) is 9.59 Å². The lowest BCUT2D eigenvalue weighted by Gasteiger charge is -2.23. The van der Waals surface area contributed by atoms with Crippen molar-refractivity contribution in [3.05, 3.63) is 58.4 Å². The molecule has 0 N–H and O–H groups in total. The van der Waals surface area contributed by atoms with Crippen molar-refractivity contribution >= 4 is 28.6 Å². The molecule has 3 aromatic rings. The SMILES string of the molecule is CCN(Cc1ccc2c(c1)OCCO2)C(=O)CSc1nc2ccccc2c(=O)n1C1CCCC1. The molecule has 2 aliphatic rings. The smallest absolute Gasteiger partial charge is 0.262 e. The summed E-state index contributed by atoms with van der Waals surface area (Å²) < 4.78 is 13.1. The van der Waals surface area contributed by atoms with Gasteiger partial charge < -0.3 is 14.4 Å². The number of amides is 1. The molecule has 2 heterocycles. The van der Waals surface area contributed by atoms with Gasteiger partial charge >= 0.3 is 0 Å². The van der Waals surface area contributed by atoms with Gasteiger partial charge in [-0.25, -0.2) is 4.98 Å². The number of rotatable bonds is 7. The Labute approximate surface area is 203 Å². The third-order valence-electron chi connectivity index (χ3n) is 6.50. The van der Waals surface area contributed by atoms with E-state index >= 15 is 0 Å². The summed E-state index contributed by atoms with van der Waals surface area (Å²) in [6.45, 7) is 4.15. The summed E-state index contributed by atoms with van der Waals surface area (Å²) in [5.74, 6) is 1.72. The number of benzene rings is 2. The molecule has 2 aromatic carbocycles. The molecule has 5 rings (SSSR count). The first-order chi connectivity index (χ1) is 16.6. The topological polar surface area (TPSA) is 73.7 Å². The lowest BCUT2D eigenvalue weighted by molar-refractivity contribution is -0.128. The van der Waals surface area contributed by atoms with Crippen molar-refractivity contribution in [2.75, 3.05) is 25.5 Å². The fourth-order valence-corrected chi connectivity index (χ4v) is 5.68. The van der Waals surface area contributed by atoms with E-state index in [-0.39, 0.29) is 23.3 Å². The van der Waals surface area contributed by atoms with E-state index in [1.807, 2.05) is 58.9 Å². The molecule has 178 valence electrons. The van der Waals surface area contributed by atoms with Crippen LogP contribution in [-0.2, 0) is 11.3 Å². The van der Waals surface area contributed by atoms with Crippen molar-refractivity contribution in [3.8, 4) is 11.5 Å². The van der Waals surface area contributed by atoms with Crippen molar-refractivity contribution < 1.29 is 14.3 Å². The molecule has 34 heavy (non-hydrogen) atoms. The van der Waals surface area contributed by atoms with Crippen LogP contribution < -0.4 is 15.0 Å². The predicted octanol–water partition coefficient (Wildman–Crippen LogP) is 4.42. The van der Waals surface area contributed by atoms with Gasteiger partial charge in [0, 0.05) is 19.1 Å². The Bertz CT molecular complexity index is 1250. The molecule has 0 saturated heterocycles. The van der Waals surface area contributed by atoms with Gasteiger partial charge in [0.05, 0.1) is 16.7 Å². The molecule has 1 amide bonds. The second-order valence-corrected chi connectivity index (χ2v) is 9.64. The standard InChI is InChI=1S/C26H29N3O4S/c1-2-28(16-18-11-12-22-23(15-18)33-14-13-32-22)24(30)17-34-26-27-21-10-6-5-9-20(21)25(31)29(26)19-7-3-4-8-19/h5-6,9-12,15,19H,2-4,7-8,13-14,16-17H2,1H3. The van der Waals surface area contributed by atoms with Crippen molar-refractivity contribution in [1.29, 1.82) is 0 Å². The number of thioether (sulfide) groups is 1. The zero-order chi connectivity index (χ0) is 23.5. The molecule has 0 atom stereocenters. The Morgan fingerprint density at radius 2 is 1.88 bits per heavy atom. The molecule has 1 fully saturated rings. The van der Waals surface area contributed by atoms with E-state index in [4.69, 9.17) is 14.5 Å². The van der Waals surface area contributed by atoms with E-state index in [0.717, 1.165) is 42.7 Å². The van der Waals surface area contributed by atoms with Gasteiger partial charge in [0.15, 0.2) is 16.7 Å². The maximum Gasteiger partial charge on any atom is 0.262 e. The first-order valence-electron chi connectivity index (χ1n) is 11.9. The van der Waals surface area contributed by atoms with E-state index in [2.05, 4.69) is 0 Å². The molecular weight excluding hydrogens is 450 g/mol. The minimum absolute atomic E-state index is 0.00363. The van der Waals surface area contributed by atoms with Gasteiger partial charge in [-0.1, -0.05) is 42.8 Å². The van der Waals surface area contributed by atoms with Crippen LogP contribution in [0.5, 0.6) is 11.5 Å². The molecule has 7 nitrogen and oxygen atoms in total. The normalized spacial score (nSPS) is 15.6. The van der Waals surface area contributed by atoms with Crippen molar-refractivity contribution in [3.63, 3.8) is 0 Å². The Morgan fingerprint density at radius 1 is 1.12 bits per heavy atom. The zero-order valence-electron chi connectivity index (χ0n) is 19.4. The van der Waals surface area contributed by atoms with Crippen LogP contribution in [0.3, 0.4) is 0 Å². The zero-order valence-corrected chi connectivity index (χ0v) is 20.2. The van der Waals surface area contributed by atoms with E-state index < -0.39 is 0 Å². The number of hydrogen-bond donors (Lipinski definition) is 0. The Kier molecular flexibility index (Phi) is 6.76. The summed E-state index contributed by atoms with van der Waals surface area (Å²) in [6.07, 6.45) is 4.19. The van der Waals surface area contributed by atoms with Crippen molar-refractivity contribution in [1.82, 2.24) is 14.5 Å². The van der Waals surface area contributed by atoms with Crippen LogP contribution >= 0.6 is 11.8 Å². The summed E-state index contributed by atoms with van der Waals surface area (Å²) >= 11 is 1.36. The third kappa shape index (κ3) is 4.64. The fraction of sp³-hybridized carbons (Fsp3) is 0.423. The van der Waals surface area contributed by atoms with Gasteiger partial charge in [0.1, 0.15) is 13.2 Å². The number of hydrogen-bond acceptors (Lipinski definition) is 6. The Balaban J connectivity index is 1.34. The lowest BCUT2D eigenvalue weighted by Crippen LogP contribution is -2.32. The quantitative estimate of drug-likeness (QED) is 0.369. The van der Waals surface area contributed by atoms with Crippen molar-refractivity contribution in [2.45, 2.75) is 50.4 Å². The number of aromatic nitrogens is 2. The van der Waals surface area contributed by atoms with Gasteiger partial charge in [0.2, 0.25) is 5.91 Å². The number of carbonyl (C=O) groups is 1. The van der Waals surface area contributed by atoms with Crippen LogP contribution in [0.15, 0.2) is 52.4 Å². The minimum atomic E-state index is -0.00363. The van der Waals surface area contributed by atoms with Gasteiger partial charge in [-0.05, 0) is 49.6 Å². The molecule has 1 saturated carbocycles. The maximum atomic E-state index is 13.3. The van der Waals surface area contributed by atoms with Crippen LogP contribution in [0.4, 0.5) is 0 Å². The highest BCUT2D eigenvalue weighted by molar-refractivity contribution is 7.99. The first-order valence-corrected chi connectivity index (χ1v) is 12.9. The van der Waals surface area contributed by atoms with Gasteiger partial charge in [-0.15, -0.1) is 0 Å². The van der Waals surface area contributed by atoms with Gasteiger partial charge in [0.25, 0.3) is 5.56 Å². The minimum Gasteiger partial charge on any atom is -0.486 e. The molecule has 1 aliphatic carbocycles. The summed E-state index contributed by atoms with van der Waals surface area (Å²) in [4.78, 5) is 33.1. The highest BCUT2D eigenvalue weighted by atomic mass is 32.2. The Morgan fingerprint density at radius 3 is 2.68 bits per heavy atom. The highest BCUT2D eigenvalue weighted by Gasteiger charge is 2.24. The Hall–Kier alpha value is -3.00. The van der Waals surface area contributed by atoms with E-state index in [0.29, 0.717) is 42.4 Å². The average Bonchev–Trinajstić information content (AvgIpc) is 3.40. The second-order valence-electron chi connectivity index (χ2n) is 8.70. The van der Waals surface area contributed by atoms with Crippen LogP contribution in [0.1, 0.15) is 44.2 Å². The molecule has 1 aromatic heterocycles. The second kappa shape index (κ2) is 10.1.